The summed E-state index contributed by atoms with van der Waals surface area (Å²) in [6.45, 7) is 30.2. The summed E-state index contributed by atoms with van der Waals surface area (Å²) in [7, 11) is 17.5. The van der Waals surface area contributed by atoms with Gasteiger partial charge in [-0.1, -0.05) is 0 Å². The molecule has 0 saturated carbocycles. The molecule has 4 aromatic carbocycles. The van der Waals surface area contributed by atoms with Crippen molar-refractivity contribution in [3.63, 3.8) is 0 Å². The molecule has 0 saturated heterocycles. The molecule has 0 amide bonds. The van der Waals surface area contributed by atoms with E-state index >= 15 is 0 Å². The maximum absolute atomic E-state index is 8.76. The van der Waals surface area contributed by atoms with Crippen molar-refractivity contribution in [2.45, 2.75) is 107 Å². The van der Waals surface area contributed by atoms with Gasteiger partial charge in [0.2, 0.25) is 0 Å². The van der Waals surface area contributed by atoms with Crippen molar-refractivity contribution in [1.29, 1.82) is 0 Å². The SMILES string of the molecule is CC1=Cc2c(-c3ccc(C(C)(C)C)cc3)ccc(C)c2[CH]1[Zr]([Cl])([Cl])([CH]1C(C(C)(C)C)=Cc2c(-c3ccc(C(C)(C)C)cc3)cccc21)[SiH](C)C. The number of hydrogen-bond acceptors (Lipinski definition) is 0. The van der Waals surface area contributed by atoms with Crippen LogP contribution in [0.5, 0.6) is 0 Å². The number of aryl methyl sites for hydroxylation is 1. The second kappa shape index (κ2) is 12.6. The monoisotopic (exact) mass is 797 g/mol. The number of hydrogen-bond donors (Lipinski definition) is 0. The van der Waals surface area contributed by atoms with E-state index in [1.807, 2.05) is 0 Å². The quantitative estimate of drug-likeness (QED) is 0.176. The summed E-state index contributed by atoms with van der Waals surface area (Å²) in [5, 5.41) is 0. The Hall–Kier alpha value is -1.96. The summed E-state index contributed by atoms with van der Waals surface area (Å²) in [5.41, 5.74) is 17.3. The summed E-state index contributed by atoms with van der Waals surface area (Å²) < 4.78 is 0.107. The van der Waals surface area contributed by atoms with Crippen LogP contribution in [0.3, 0.4) is 0 Å². The van der Waals surface area contributed by atoms with Gasteiger partial charge in [0.15, 0.2) is 0 Å². The minimum atomic E-state index is -4.92. The van der Waals surface area contributed by atoms with E-state index in [-0.39, 0.29) is 23.5 Å². The van der Waals surface area contributed by atoms with E-state index in [4.69, 9.17) is 17.0 Å². The number of rotatable bonds is 5. The van der Waals surface area contributed by atoms with Crippen LogP contribution in [0.25, 0.3) is 34.4 Å². The first-order chi connectivity index (χ1) is 23.0. The predicted molar refractivity (Wildman–Crippen MR) is 223 cm³/mol. The molecule has 2 aliphatic rings. The summed E-state index contributed by atoms with van der Waals surface area (Å²) in [6.07, 6.45) is 4.94. The van der Waals surface area contributed by atoms with E-state index in [1.54, 1.807) is 0 Å². The predicted octanol–water partition coefficient (Wildman–Crippen LogP) is 14.5. The fourth-order valence-electron chi connectivity index (χ4n) is 8.82. The summed E-state index contributed by atoms with van der Waals surface area (Å²) in [5.74, 6) is -1.68. The van der Waals surface area contributed by atoms with Crippen molar-refractivity contribution in [2.75, 3.05) is 0 Å². The van der Waals surface area contributed by atoms with Crippen LogP contribution in [0, 0.1) is 12.3 Å². The van der Waals surface area contributed by atoms with Crippen molar-refractivity contribution >= 4 is 35.1 Å². The number of allylic oxidation sites excluding steroid dienone is 2. The van der Waals surface area contributed by atoms with Crippen LogP contribution < -0.4 is 0 Å². The Bertz CT molecular complexity index is 2020. The molecular weight excluding hydrogens is 743 g/mol. The summed E-state index contributed by atoms with van der Waals surface area (Å²) >= 11 is -4.92. The molecule has 0 heterocycles. The fourth-order valence-corrected chi connectivity index (χ4v) is 41.0. The molecule has 0 spiro atoms. The van der Waals surface area contributed by atoms with Gasteiger partial charge >= 0.3 is 315 Å². The molecule has 0 N–H and O–H groups in total. The average molecular weight is 800 g/mol. The van der Waals surface area contributed by atoms with Crippen LogP contribution in [-0.4, -0.2) is 5.92 Å². The Morgan fingerprint density at radius 2 is 1.06 bits per heavy atom. The third-order valence-corrected chi connectivity index (χ3v) is 63.7. The van der Waals surface area contributed by atoms with E-state index in [9.17, 15) is 0 Å². The van der Waals surface area contributed by atoms with Gasteiger partial charge in [0.25, 0.3) is 0 Å². The van der Waals surface area contributed by atoms with Gasteiger partial charge in [0.1, 0.15) is 0 Å². The Kier molecular flexibility index (Phi) is 9.50. The third-order valence-electron chi connectivity index (χ3n) is 11.9. The van der Waals surface area contributed by atoms with Gasteiger partial charge in [-0.2, -0.15) is 0 Å². The van der Waals surface area contributed by atoms with Crippen molar-refractivity contribution < 1.29 is 15.6 Å². The maximum atomic E-state index is 8.76. The number of benzene rings is 4. The molecule has 2 aliphatic carbocycles. The molecule has 0 aliphatic heterocycles. The molecule has 0 radical (unpaired) electrons. The van der Waals surface area contributed by atoms with E-state index < -0.39 is 21.5 Å². The van der Waals surface area contributed by atoms with E-state index in [0.29, 0.717) is 0 Å². The molecule has 0 bridgehead atoms. The van der Waals surface area contributed by atoms with Crippen LogP contribution in [0.4, 0.5) is 0 Å². The fraction of sp³-hybridized carbons (Fsp3) is 0.391. The van der Waals surface area contributed by atoms with Crippen LogP contribution in [-0.2, 0) is 26.4 Å². The molecule has 2 atom stereocenters. The van der Waals surface area contributed by atoms with Crippen molar-refractivity contribution in [3.05, 3.63) is 129 Å². The van der Waals surface area contributed by atoms with E-state index in [2.05, 4.69) is 180 Å². The normalized spacial score (nSPS) is 18.8. The van der Waals surface area contributed by atoms with Crippen LogP contribution in [0.1, 0.15) is 115 Å². The molecule has 2 unspecified atom stereocenters. The standard InChI is InChI=1S/C23H27.C21H23.C2H7Si.2ClH.Zr/c1-22(2,3)18-12-10-16(11-13-18)20-9-7-8-17-14-19(15-21(17)20)23(4,5)6;1-14-12-19-15(2)6-11-18(20(19)13-14)16-7-9-17(10-8-16)21(3,4)5;1-3-2;;;/h7-15H,1-6H3;6-13H,1-5H3;3H,1-2H3;2*1H;/q;;;;;+2/p-2. The van der Waals surface area contributed by atoms with Gasteiger partial charge < -0.3 is 0 Å². The van der Waals surface area contributed by atoms with Crippen molar-refractivity contribution in [1.82, 2.24) is 0 Å². The first kappa shape index (κ1) is 37.8. The van der Waals surface area contributed by atoms with Gasteiger partial charge in [0.05, 0.1) is 0 Å². The van der Waals surface area contributed by atoms with Gasteiger partial charge in [-0.15, -0.1) is 0 Å². The zero-order chi connectivity index (χ0) is 36.8. The Balaban J connectivity index is 1.56. The molecule has 6 rings (SSSR count). The first-order valence-electron chi connectivity index (χ1n) is 18.5. The van der Waals surface area contributed by atoms with E-state index in [1.165, 1.54) is 72.3 Å². The Morgan fingerprint density at radius 3 is 1.52 bits per heavy atom. The summed E-state index contributed by atoms with van der Waals surface area (Å²) in [6, 6.07) is 29.9. The molecule has 0 aromatic heterocycles. The van der Waals surface area contributed by atoms with Crippen LogP contribution in [0.15, 0.2) is 90.0 Å². The minimum absolute atomic E-state index is 0.0451. The average Bonchev–Trinajstić information content (AvgIpc) is 3.61. The van der Waals surface area contributed by atoms with Gasteiger partial charge in [0, 0.05) is 0 Å². The second-order valence-corrected chi connectivity index (χ2v) is 61.2. The van der Waals surface area contributed by atoms with Crippen molar-refractivity contribution in [2.24, 2.45) is 5.41 Å². The Morgan fingerprint density at radius 1 is 0.560 bits per heavy atom. The van der Waals surface area contributed by atoms with E-state index in [0.717, 1.165) is 0 Å². The first-order valence-corrected chi connectivity index (χ1v) is 34.8. The zero-order valence-corrected chi connectivity index (χ0v) is 37.8. The van der Waals surface area contributed by atoms with Crippen LogP contribution in [0.2, 0.25) is 13.1 Å². The topological polar surface area (TPSA) is 0 Å². The van der Waals surface area contributed by atoms with Gasteiger partial charge in [-0.05, 0) is 0 Å². The molecule has 263 valence electrons. The molecule has 50 heavy (non-hydrogen) atoms. The van der Waals surface area contributed by atoms with Gasteiger partial charge in [-0.25, -0.2) is 0 Å². The Labute approximate surface area is 312 Å². The third kappa shape index (κ3) is 6.17. The number of halogens is 2. The molecular formula is C46H57Cl2SiZr. The van der Waals surface area contributed by atoms with Crippen LogP contribution >= 0.6 is 17.0 Å². The van der Waals surface area contributed by atoms with Gasteiger partial charge in [-0.3, -0.25) is 0 Å². The molecule has 4 heteroatoms. The zero-order valence-electron chi connectivity index (χ0n) is 32.6. The second-order valence-electron chi connectivity index (χ2n) is 18.7. The van der Waals surface area contributed by atoms with Crippen molar-refractivity contribution in [3.8, 4) is 22.3 Å². The number of fused-ring (bicyclic) bond motifs is 2. The molecule has 0 nitrogen and oxygen atoms in total. The molecule has 0 fully saturated rings. The summed E-state index contributed by atoms with van der Waals surface area (Å²) in [4.78, 5) is 0. The molecule has 4 aromatic rings.